The molecule has 1 N–H and O–H groups in total. The molecule has 3 rings (SSSR count). The first kappa shape index (κ1) is 21.0. The summed E-state index contributed by atoms with van der Waals surface area (Å²) < 4.78 is 2.01. The summed E-state index contributed by atoms with van der Waals surface area (Å²) in [5, 5.41) is 3.77. The smallest absolute Gasteiger partial charge is 0.180 e. The Balaban J connectivity index is 0.000000730. The van der Waals surface area contributed by atoms with Crippen molar-refractivity contribution in [3.05, 3.63) is 59.1 Å². The van der Waals surface area contributed by atoms with Gasteiger partial charge in [-0.25, -0.2) is 9.97 Å². The minimum Gasteiger partial charge on any atom is -0.363 e. The van der Waals surface area contributed by atoms with Gasteiger partial charge in [-0.2, -0.15) is 0 Å². The maximum absolute atomic E-state index is 6.14. The number of hydrogen-bond acceptors (Lipinski definition) is 3. The van der Waals surface area contributed by atoms with Gasteiger partial charge in [0.05, 0.1) is 0 Å². The second-order valence-corrected chi connectivity index (χ2v) is 5.67. The summed E-state index contributed by atoms with van der Waals surface area (Å²) >= 11 is 6.14. The molecule has 4 nitrogen and oxygen atoms in total. The van der Waals surface area contributed by atoms with E-state index < -0.39 is 0 Å². The zero-order chi connectivity index (χ0) is 18.8. The normalized spacial score (nSPS) is 9.92. The van der Waals surface area contributed by atoms with E-state index in [0.29, 0.717) is 23.4 Å². The van der Waals surface area contributed by atoms with Crippen molar-refractivity contribution in [2.75, 3.05) is 5.32 Å². The summed E-state index contributed by atoms with van der Waals surface area (Å²) in [6, 6.07) is 10.2. The van der Waals surface area contributed by atoms with Crippen LogP contribution in [-0.2, 0) is 6.54 Å². The highest BCUT2D eigenvalue weighted by Gasteiger charge is 2.12. The third kappa shape index (κ3) is 5.46. The Labute approximate surface area is 156 Å². The fourth-order valence-electron chi connectivity index (χ4n) is 2.30. The summed E-state index contributed by atoms with van der Waals surface area (Å²) in [4.78, 5) is 8.83. The molecule has 2 aromatic heterocycles. The third-order valence-corrected chi connectivity index (χ3v) is 3.57. The number of nitrogens with zero attached hydrogens (tertiary/aromatic N) is 3. The Hall–Kier alpha value is -2.07. The molecule has 0 amide bonds. The van der Waals surface area contributed by atoms with E-state index in [0.717, 1.165) is 11.3 Å². The molecule has 0 unspecified atom stereocenters. The second-order valence-electron chi connectivity index (χ2n) is 5.28. The summed E-state index contributed by atoms with van der Waals surface area (Å²) in [5.41, 5.74) is 3.11. The molecular formula is C20H29ClN4. The average molecular weight is 361 g/mol. The highest BCUT2D eigenvalue weighted by atomic mass is 35.5. The molecule has 0 atom stereocenters. The molecule has 0 saturated heterocycles. The number of anilines is 1. The SMILES string of the molecule is CC.CC.CC(C)c1cnc2c(NCc3ccccc3)nc(Cl)cn12. The maximum Gasteiger partial charge on any atom is 0.180 e. The number of hydrogen-bond donors (Lipinski definition) is 1. The lowest BCUT2D eigenvalue weighted by atomic mass is 10.1. The molecule has 3 aromatic rings. The second kappa shape index (κ2) is 10.7. The first-order valence-electron chi connectivity index (χ1n) is 8.96. The summed E-state index contributed by atoms with van der Waals surface area (Å²) in [6.07, 6.45) is 3.69. The monoisotopic (exact) mass is 360 g/mol. The van der Waals surface area contributed by atoms with Crippen molar-refractivity contribution in [1.82, 2.24) is 14.4 Å². The van der Waals surface area contributed by atoms with Crippen molar-refractivity contribution in [2.24, 2.45) is 0 Å². The molecule has 0 fully saturated rings. The molecular weight excluding hydrogens is 332 g/mol. The van der Waals surface area contributed by atoms with Crippen LogP contribution >= 0.6 is 11.6 Å². The van der Waals surface area contributed by atoms with E-state index in [2.05, 4.69) is 41.3 Å². The van der Waals surface area contributed by atoms with Crippen LogP contribution in [0.15, 0.2) is 42.7 Å². The summed E-state index contributed by atoms with van der Waals surface area (Å²) in [6.45, 7) is 13.0. The van der Waals surface area contributed by atoms with Gasteiger partial charge >= 0.3 is 0 Å². The standard InChI is InChI=1S/C16H17ClN4.2C2H6/c1-11(2)13-9-19-16-15(20-14(17)10-21(13)16)18-8-12-6-4-3-5-7-12;2*1-2/h3-7,9-11H,8H2,1-2H3,(H,18,20);2*1-2H3. The minimum atomic E-state index is 0.375. The Morgan fingerprint density at radius 2 is 1.72 bits per heavy atom. The molecule has 136 valence electrons. The van der Waals surface area contributed by atoms with Crippen LogP contribution in [0.5, 0.6) is 0 Å². The molecule has 0 saturated carbocycles. The molecule has 0 bridgehead atoms. The molecule has 2 heterocycles. The number of halogens is 1. The van der Waals surface area contributed by atoms with E-state index in [1.165, 1.54) is 5.56 Å². The van der Waals surface area contributed by atoms with Crippen LogP contribution in [0.25, 0.3) is 5.65 Å². The van der Waals surface area contributed by atoms with Crippen LogP contribution in [0.3, 0.4) is 0 Å². The van der Waals surface area contributed by atoms with Gasteiger partial charge in [-0.05, 0) is 11.5 Å². The van der Waals surface area contributed by atoms with Gasteiger partial charge in [-0.3, -0.25) is 4.40 Å². The molecule has 0 aliphatic rings. The third-order valence-electron chi connectivity index (χ3n) is 3.39. The lowest BCUT2D eigenvalue weighted by Gasteiger charge is -2.10. The lowest BCUT2D eigenvalue weighted by Crippen LogP contribution is -2.05. The molecule has 0 aliphatic carbocycles. The fourth-order valence-corrected chi connectivity index (χ4v) is 2.49. The summed E-state index contributed by atoms with van der Waals surface area (Å²) in [7, 11) is 0. The molecule has 0 aliphatic heterocycles. The van der Waals surface area contributed by atoms with E-state index in [9.17, 15) is 0 Å². The molecule has 1 aromatic carbocycles. The predicted octanol–water partition coefficient (Wildman–Crippen LogP) is 6.17. The van der Waals surface area contributed by atoms with Crippen molar-refractivity contribution in [2.45, 2.75) is 54.0 Å². The van der Waals surface area contributed by atoms with Crippen molar-refractivity contribution in [3.63, 3.8) is 0 Å². The minimum absolute atomic E-state index is 0.375. The number of imidazole rings is 1. The van der Waals surface area contributed by atoms with E-state index in [-0.39, 0.29) is 0 Å². The van der Waals surface area contributed by atoms with Crippen LogP contribution < -0.4 is 5.32 Å². The largest absolute Gasteiger partial charge is 0.363 e. The topological polar surface area (TPSA) is 42.2 Å². The quantitative estimate of drug-likeness (QED) is 0.604. The zero-order valence-corrected chi connectivity index (χ0v) is 16.8. The van der Waals surface area contributed by atoms with E-state index in [1.807, 2.05) is 62.7 Å². The van der Waals surface area contributed by atoms with Crippen LogP contribution in [0.4, 0.5) is 5.82 Å². The number of aromatic nitrogens is 3. The number of nitrogens with one attached hydrogen (secondary N) is 1. The fraction of sp³-hybridized carbons (Fsp3) is 0.400. The Bertz CT molecular complexity index is 751. The predicted molar refractivity (Wildman–Crippen MR) is 109 cm³/mol. The van der Waals surface area contributed by atoms with Crippen LogP contribution in [0, 0.1) is 0 Å². The zero-order valence-electron chi connectivity index (χ0n) is 16.0. The van der Waals surface area contributed by atoms with E-state index in [4.69, 9.17) is 11.6 Å². The van der Waals surface area contributed by atoms with Gasteiger partial charge in [0.15, 0.2) is 11.5 Å². The van der Waals surface area contributed by atoms with Crippen LogP contribution in [0.1, 0.15) is 58.7 Å². The maximum atomic E-state index is 6.14. The van der Waals surface area contributed by atoms with E-state index in [1.54, 1.807) is 0 Å². The highest BCUT2D eigenvalue weighted by Crippen LogP contribution is 2.23. The Kier molecular flexibility index (Phi) is 9.00. The van der Waals surface area contributed by atoms with Crippen LogP contribution in [0.2, 0.25) is 5.15 Å². The number of fused-ring (bicyclic) bond motifs is 1. The lowest BCUT2D eigenvalue weighted by molar-refractivity contribution is 0.807. The summed E-state index contributed by atoms with van der Waals surface area (Å²) in [5.74, 6) is 1.08. The van der Waals surface area contributed by atoms with Gasteiger partial charge in [-0.15, -0.1) is 0 Å². The molecule has 0 spiro atoms. The van der Waals surface area contributed by atoms with Crippen molar-refractivity contribution < 1.29 is 0 Å². The van der Waals surface area contributed by atoms with E-state index >= 15 is 0 Å². The van der Waals surface area contributed by atoms with Gasteiger partial charge in [-0.1, -0.05) is 83.5 Å². The Morgan fingerprint density at radius 3 is 2.32 bits per heavy atom. The highest BCUT2D eigenvalue weighted by molar-refractivity contribution is 6.29. The van der Waals surface area contributed by atoms with Gasteiger partial charge < -0.3 is 5.32 Å². The van der Waals surface area contributed by atoms with Crippen LogP contribution in [-0.4, -0.2) is 14.4 Å². The van der Waals surface area contributed by atoms with Gasteiger partial charge in [0, 0.05) is 24.6 Å². The average Bonchev–Trinajstić information content (AvgIpc) is 3.08. The number of rotatable bonds is 4. The first-order chi connectivity index (χ1) is 12.1. The number of benzene rings is 1. The van der Waals surface area contributed by atoms with Gasteiger partial charge in [0.2, 0.25) is 0 Å². The van der Waals surface area contributed by atoms with Crippen molar-refractivity contribution >= 4 is 23.1 Å². The molecule has 25 heavy (non-hydrogen) atoms. The van der Waals surface area contributed by atoms with Gasteiger partial charge in [0.25, 0.3) is 0 Å². The first-order valence-corrected chi connectivity index (χ1v) is 9.34. The van der Waals surface area contributed by atoms with Gasteiger partial charge in [0.1, 0.15) is 5.15 Å². The molecule has 0 radical (unpaired) electrons. The Morgan fingerprint density at radius 1 is 1.08 bits per heavy atom. The van der Waals surface area contributed by atoms with Crippen molar-refractivity contribution in [1.29, 1.82) is 0 Å². The molecule has 5 heteroatoms. The van der Waals surface area contributed by atoms with Crippen molar-refractivity contribution in [3.8, 4) is 0 Å².